The molecule has 1 N–H and O–H groups in total. The first-order valence-corrected chi connectivity index (χ1v) is 3.47. The second kappa shape index (κ2) is 6.84. The molecule has 0 amide bonds. The van der Waals surface area contributed by atoms with Gasteiger partial charge in [0.05, 0.1) is 7.11 Å². The molecule has 4 nitrogen and oxygen atoms in total. The molecule has 0 aliphatic heterocycles. The lowest BCUT2D eigenvalue weighted by atomic mass is 10.3. The maximum Gasteiger partial charge on any atom is 0.182 e. The lowest BCUT2D eigenvalue weighted by Crippen LogP contribution is -1.80. The molecule has 0 bridgehead atoms. The number of aromatic hydroxyl groups is 1. The number of hydrogen-bond acceptors (Lipinski definition) is 4. The van der Waals surface area contributed by atoms with E-state index in [0.717, 1.165) is 0 Å². The quantitative estimate of drug-likeness (QED) is 0.542. The third-order valence-electron chi connectivity index (χ3n) is 1.14. The van der Waals surface area contributed by atoms with Gasteiger partial charge in [0.15, 0.2) is 24.1 Å². The highest BCUT2D eigenvalue weighted by Crippen LogP contribution is 2.22. The van der Waals surface area contributed by atoms with Gasteiger partial charge in [-0.2, -0.15) is 0 Å². The van der Waals surface area contributed by atoms with Crippen molar-refractivity contribution in [3.8, 4) is 11.5 Å². The van der Waals surface area contributed by atoms with Crippen LogP contribution in [0.2, 0.25) is 0 Å². The Bertz CT molecular complexity index is 264. The summed E-state index contributed by atoms with van der Waals surface area (Å²) in [6, 6.07) is 6.84. The highest BCUT2D eigenvalue weighted by Gasteiger charge is 1.94. The Hall–Kier alpha value is -1.84. The fourth-order valence-corrected chi connectivity index (χ4v) is 0.630. The molecule has 1 rings (SSSR count). The molecule has 0 saturated carbocycles. The van der Waals surface area contributed by atoms with E-state index in [0.29, 0.717) is 5.75 Å². The van der Waals surface area contributed by atoms with Crippen LogP contribution in [-0.2, 0) is 9.59 Å². The third-order valence-corrected chi connectivity index (χ3v) is 1.14. The van der Waals surface area contributed by atoms with Crippen molar-refractivity contribution in [3.63, 3.8) is 0 Å². The number of para-hydroxylation sites is 2. The van der Waals surface area contributed by atoms with Crippen molar-refractivity contribution in [2.75, 3.05) is 7.11 Å². The molecule has 1 aromatic rings. The van der Waals surface area contributed by atoms with Gasteiger partial charge in [-0.15, -0.1) is 0 Å². The van der Waals surface area contributed by atoms with Crippen LogP contribution >= 0.6 is 0 Å². The molecule has 0 heterocycles. The van der Waals surface area contributed by atoms with Crippen molar-refractivity contribution in [3.05, 3.63) is 24.3 Å². The monoisotopic (exact) mass is 182 g/mol. The predicted molar refractivity (Wildman–Crippen MR) is 46.8 cm³/mol. The van der Waals surface area contributed by atoms with E-state index in [4.69, 9.17) is 19.4 Å². The van der Waals surface area contributed by atoms with Crippen LogP contribution in [0.5, 0.6) is 11.5 Å². The standard InChI is InChI=1S/C7H8O2.C2H2O2/c1-9-7-5-3-2-4-6(7)8;3-1-2-4/h2-5,8H,1H3;1-2H. The van der Waals surface area contributed by atoms with E-state index < -0.39 is 0 Å². The molecule has 0 radical (unpaired) electrons. The molecule has 0 unspecified atom stereocenters. The zero-order valence-electron chi connectivity index (χ0n) is 7.14. The van der Waals surface area contributed by atoms with Crippen molar-refractivity contribution in [2.24, 2.45) is 0 Å². The van der Waals surface area contributed by atoms with Crippen molar-refractivity contribution < 1.29 is 19.4 Å². The van der Waals surface area contributed by atoms with Gasteiger partial charge in [0, 0.05) is 0 Å². The number of methoxy groups -OCH3 is 1. The maximum atomic E-state index is 8.99. The van der Waals surface area contributed by atoms with E-state index in [1.165, 1.54) is 7.11 Å². The Kier molecular flexibility index (Phi) is 5.88. The molecule has 70 valence electrons. The average Bonchev–Trinajstić information content (AvgIpc) is 2.19. The minimum Gasteiger partial charge on any atom is -0.504 e. The SMILES string of the molecule is COc1ccccc1O.O=CC=O. The lowest BCUT2D eigenvalue weighted by Gasteiger charge is -1.99. The summed E-state index contributed by atoms with van der Waals surface area (Å²) >= 11 is 0. The molecule has 4 heteroatoms. The average molecular weight is 182 g/mol. The van der Waals surface area contributed by atoms with Crippen LogP contribution in [0.15, 0.2) is 24.3 Å². The number of carbonyl (C=O) groups is 2. The summed E-state index contributed by atoms with van der Waals surface area (Å²) in [7, 11) is 1.52. The van der Waals surface area contributed by atoms with Gasteiger partial charge in [0.1, 0.15) is 0 Å². The summed E-state index contributed by atoms with van der Waals surface area (Å²) in [6.45, 7) is 0. The van der Waals surface area contributed by atoms with Gasteiger partial charge >= 0.3 is 0 Å². The van der Waals surface area contributed by atoms with Crippen molar-refractivity contribution >= 4 is 12.6 Å². The van der Waals surface area contributed by atoms with Crippen molar-refractivity contribution in [1.82, 2.24) is 0 Å². The predicted octanol–water partition coefficient (Wildman–Crippen LogP) is 0.785. The van der Waals surface area contributed by atoms with Gasteiger partial charge in [-0.3, -0.25) is 9.59 Å². The zero-order valence-corrected chi connectivity index (χ0v) is 7.14. The van der Waals surface area contributed by atoms with Crippen LogP contribution in [-0.4, -0.2) is 24.8 Å². The number of phenolic OH excluding ortho intramolecular Hbond substituents is 1. The summed E-state index contributed by atoms with van der Waals surface area (Å²) in [5.74, 6) is 0.692. The van der Waals surface area contributed by atoms with Crippen LogP contribution in [0.4, 0.5) is 0 Å². The minimum atomic E-state index is 0.181. The molecular formula is C9H10O4. The molecule has 13 heavy (non-hydrogen) atoms. The molecule has 1 aromatic carbocycles. The summed E-state index contributed by atoms with van der Waals surface area (Å²) in [6.07, 6.45) is 0.389. The van der Waals surface area contributed by atoms with Crippen molar-refractivity contribution in [1.29, 1.82) is 0 Å². The fourth-order valence-electron chi connectivity index (χ4n) is 0.630. The smallest absolute Gasteiger partial charge is 0.182 e. The van der Waals surface area contributed by atoms with Crippen molar-refractivity contribution in [2.45, 2.75) is 0 Å². The summed E-state index contributed by atoms with van der Waals surface area (Å²) in [4.78, 5) is 17.6. The molecule has 0 atom stereocenters. The van der Waals surface area contributed by atoms with Gasteiger partial charge in [-0.25, -0.2) is 0 Å². The van der Waals surface area contributed by atoms with E-state index in [-0.39, 0.29) is 18.3 Å². The molecule has 0 saturated heterocycles. The maximum absolute atomic E-state index is 8.99. The van der Waals surface area contributed by atoms with Crippen LogP contribution < -0.4 is 4.74 Å². The number of aldehydes is 2. The van der Waals surface area contributed by atoms with Gasteiger partial charge in [-0.05, 0) is 12.1 Å². The van der Waals surface area contributed by atoms with Crippen LogP contribution in [0.3, 0.4) is 0 Å². The minimum absolute atomic E-state index is 0.181. The number of phenols is 1. The lowest BCUT2D eigenvalue weighted by molar-refractivity contribution is -0.122. The van der Waals surface area contributed by atoms with E-state index >= 15 is 0 Å². The number of ether oxygens (including phenoxy) is 1. The van der Waals surface area contributed by atoms with Gasteiger partial charge in [-0.1, -0.05) is 12.1 Å². The molecule has 0 spiro atoms. The Balaban J connectivity index is 0.000000310. The number of benzene rings is 1. The molecule has 0 aromatic heterocycles. The normalized spacial score (nSPS) is 7.77. The number of hydrogen-bond donors (Lipinski definition) is 1. The van der Waals surface area contributed by atoms with Gasteiger partial charge < -0.3 is 9.84 Å². The van der Waals surface area contributed by atoms with Gasteiger partial charge in [0.25, 0.3) is 0 Å². The van der Waals surface area contributed by atoms with Crippen LogP contribution in [0.1, 0.15) is 0 Å². The highest BCUT2D eigenvalue weighted by molar-refractivity contribution is 6.09. The summed E-state index contributed by atoms with van der Waals surface area (Å²) < 4.78 is 4.79. The number of carbonyl (C=O) groups excluding carboxylic acids is 2. The zero-order chi connectivity index (χ0) is 10.1. The Labute approximate surface area is 75.8 Å². The van der Waals surface area contributed by atoms with Crippen LogP contribution in [0, 0.1) is 0 Å². The third kappa shape index (κ3) is 4.58. The topological polar surface area (TPSA) is 63.6 Å². The van der Waals surface area contributed by atoms with Gasteiger partial charge in [0.2, 0.25) is 0 Å². The Morgan fingerprint density at radius 1 is 1.23 bits per heavy atom. The van der Waals surface area contributed by atoms with Crippen LogP contribution in [0.25, 0.3) is 0 Å². The first kappa shape index (κ1) is 11.2. The summed E-state index contributed by atoms with van der Waals surface area (Å²) in [5, 5.41) is 8.99. The number of rotatable bonds is 2. The molecule has 0 aliphatic rings. The molecule has 0 aliphatic carbocycles. The molecule has 0 fully saturated rings. The fraction of sp³-hybridized carbons (Fsp3) is 0.111. The Morgan fingerprint density at radius 3 is 2.08 bits per heavy atom. The first-order valence-electron chi connectivity index (χ1n) is 3.47. The molecular weight excluding hydrogens is 172 g/mol. The second-order valence-corrected chi connectivity index (χ2v) is 1.94. The van der Waals surface area contributed by atoms with E-state index in [2.05, 4.69) is 0 Å². The summed E-state index contributed by atoms with van der Waals surface area (Å²) in [5.41, 5.74) is 0. The largest absolute Gasteiger partial charge is 0.504 e. The first-order chi connectivity index (χ1) is 6.26. The Morgan fingerprint density at radius 2 is 1.77 bits per heavy atom. The van der Waals surface area contributed by atoms with E-state index in [1.54, 1.807) is 24.3 Å². The highest BCUT2D eigenvalue weighted by atomic mass is 16.5. The van der Waals surface area contributed by atoms with E-state index in [1.807, 2.05) is 0 Å². The second-order valence-electron chi connectivity index (χ2n) is 1.94. The van der Waals surface area contributed by atoms with E-state index in [9.17, 15) is 0 Å².